The molecule has 0 saturated heterocycles. The zero-order valence-corrected chi connectivity index (χ0v) is 15.7. The van der Waals surface area contributed by atoms with Gasteiger partial charge in [-0.1, -0.05) is 82.7 Å². The van der Waals surface area contributed by atoms with Crippen molar-refractivity contribution in [3.05, 3.63) is 82.8 Å². The molecule has 0 atom stereocenters. The van der Waals surface area contributed by atoms with Gasteiger partial charge >= 0.3 is 0 Å². The van der Waals surface area contributed by atoms with Crippen LogP contribution in [0.25, 0.3) is 22.3 Å². The molecule has 2 nitrogen and oxygen atoms in total. The van der Waals surface area contributed by atoms with Crippen molar-refractivity contribution >= 4 is 27.5 Å². The summed E-state index contributed by atoms with van der Waals surface area (Å²) in [4.78, 5) is 24.0. The van der Waals surface area contributed by atoms with E-state index in [4.69, 9.17) is 0 Å². The molecule has 4 rings (SSSR count). The fourth-order valence-corrected chi connectivity index (χ4v) is 4.20. The fraction of sp³-hybridized carbons (Fsp3) is 0.130. The molecule has 0 amide bonds. The SMILES string of the molecule is O=C1CCC(=O)C1c1ccc(-c2c(Br)cccc2-c2ccccc2)cc1. The quantitative estimate of drug-likeness (QED) is 0.517. The van der Waals surface area contributed by atoms with Gasteiger partial charge in [0.25, 0.3) is 0 Å². The van der Waals surface area contributed by atoms with E-state index in [2.05, 4.69) is 34.1 Å². The molecule has 128 valence electrons. The highest BCUT2D eigenvalue weighted by Crippen LogP contribution is 2.38. The summed E-state index contributed by atoms with van der Waals surface area (Å²) < 4.78 is 1.01. The van der Waals surface area contributed by atoms with Crippen LogP contribution >= 0.6 is 15.9 Å². The number of benzene rings is 3. The molecule has 0 bridgehead atoms. The van der Waals surface area contributed by atoms with Crippen molar-refractivity contribution in [1.82, 2.24) is 0 Å². The van der Waals surface area contributed by atoms with E-state index in [1.165, 1.54) is 0 Å². The van der Waals surface area contributed by atoms with Crippen LogP contribution in [0.1, 0.15) is 24.3 Å². The van der Waals surface area contributed by atoms with E-state index in [1.807, 2.05) is 54.6 Å². The van der Waals surface area contributed by atoms with Crippen molar-refractivity contribution in [3.63, 3.8) is 0 Å². The van der Waals surface area contributed by atoms with Crippen LogP contribution < -0.4 is 0 Å². The van der Waals surface area contributed by atoms with Crippen LogP contribution in [0.5, 0.6) is 0 Å². The van der Waals surface area contributed by atoms with E-state index in [-0.39, 0.29) is 11.6 Å². The van der Waals surface area contributed by atoms with E-state index < -0.39 is 5.92 Å². The highest BCUT2D eigenvalue weighted by molar-refractivity contribution is 9.10. The molecule has 0 spiro atoms. The van der Waals surface area contributed by atoms with Gasteiger partial charge in [0, 0.05) is 22.9 Å². The van der Waals surface area contributed by atoms with Crippen LogP contribution in [-0.4, -0.2) is 11.6 Å². The second-order valence-corrected chi connectivity index (χ2v) is 7.37. The van der Waals surface area contributed by atoms with Gasteiger partial charge in [0.2, 0.25) is 0 Å². The molecule has 0 N–H and O–H groups in total. The number of rotatable bonds is 3. The van der Waals surface area contributed by atoms with Crippen molar-refractivity contribution in [1.29, 1.82) is 0 Å². The van der Waals surface area contributed by atoms with Gasteiger partial charge in [-0.25, -0.2) is 0 Å². The molecule has 3 aromatic rings. The van der Waals surface area contributed by atoms with Crippen LogP contribution in [-0.2, 0) is 9.59 Å². The summed E-state index contributed by atoms with van der Waals surface area (Å²) in [6.07, 6.45) is 0.737. The highest BCUT2D eigenvalue weighted by atomic mass is 79.9. The molecule has 0 unspecified atom stereocenters. The van der Waals surface area contributed by atoms with Crippen LogP contribution in [0.15, 0.2) is 77.3 Å². The van der Waals surface area contributed by atoms with Gasteiger partial charge in [0.15, 0.2) is 0 Å². The lowest BCUT2D eigenvalue weighted by Gasteiger charge is -2.14. The van der Waals surface area contributed by atoms with Crippen molar-refractivity contribution in [3.8, 4) is 22.3 Å². The molecule has 3 heteroatoms. The second kappa shape index (κ2) is 7.00. The lowest BCUT2D eigenvalue weighted by molar-refractivity contribution is -0.123. The Morgan fingerprint density at radius 3 is 2.00 bits per heavy atom. The number of ketones is 2. The third-order valence-electron chi connectivity index (χ3n) is 4.89. The van der Waals surface area contributed by atoms with Gasteiger partial charge in [-0.2, -0.15) is 0 Å². The van der Waals surface area contributed by atoms with E-state index in [9.17, 15) is 9.59 Å². The Bertz CT molecular complexity index is 959. The average Bonchev–Trinajstić information content (AvgIpc) is 3.01. The first-order valence-corrected chi connectivity index (χ1v) is 9.44. The van der Waals surface area contributed by atoms with Crippen molar-refractivity contribution in [2.75, 3.05) is 0 Å². The number of hydrogen-bond donors (Lipinski definition) is 0. The molecule has 0 aromatic heterocycles. The van der Waals surface area contributed by atoms with Crippen LogP contribution in [0.4, 0.5) is 0 Å². The summed E-state index contributed by atoms with van der Waals surface area (Å²) in [6, 6.07) is 24.2. The Balaban J connectivity index is 1.77. The Kier molecular flexibility index (Phi) is 4.56. The molecular weight excluding hydrogens is 388 g/mol. The topological polar surface area (TPSA) is 34.1 Å². The first-order valence-electron chi connectivity index (χ1n) is 8.65. The van der Waals surface area contributed by atoms with Gasteiger partial charge in [-0.3, -0.25) is 9.59 Å². The maximum Gasteiger partial charge on any atom is 0.148 e. The zero-order valence-electron chi connectivity index (χ0n) is 14.1. The summed E-state index contributed by atoms with van der Waals surface area (Å²) in [6.45, 7) is 0. The lowest BCUT2D eigenvalue weighted by atomic mass is 9.91. The van der Waals surface area contributed by atoms with Gasteiger partial charge in [-0.05, 0) is 28.3 Å². The monoisotopic (exact) mass is 404 g/mol. The predicted molar refractivity (Wildman–Crippen MR) is 107 cm³/mol. The molecule has 3 aromatic carbocycles. The summed E-state index contributed by atoms with van der Waals surface area (Å²) in [5, 5.41) is 0. The van der Waals surface area contributed by atoms with Crippen molar-refractivity contribution < 1.29 is 9.59 Å². The number of carbonyl (C=O) groups is 2. The highest BCUT2D eigenvalue weighted by Gasteiger charge is 2.33. The average molecular weight is 405 g/mol. The fourth-order valence-electron chi connectivity index (χ4n) is 3.60. The summed E-state index contributed by atoms with van der Waals surface area (Å²) in [5.41, 5.74) is 5.25. The zero-order chi connectivity index (χ0) is 18.1. The number of Topliss-reactive ketones (excluding diaryl/α,β-unsaturated/α-hetero) is 2. The van der Waals surface area contributed by atoms with Crippen LogP contribution in [0, 0.1) is 0 Å². The van der Waals surface area contributed by atoms with E-state index >= 15 is 0 Å². The molecule has 1 fully saturated rings. The Hall–Kier alpha value is -2.52. The van der Waals surface area contributed by atoms with Crippen LogP contribution in [0.3, 0.4) is 0 Å². The van der Waals surface area contributed by atoms with Crippen molar-refractivity contribution in [2.24, 2.45) is 0 Å². The first-order chi connectivity index (χ1) is 12.6. The van der Waals surface area contributed by atoms with Gasteiger partial charge in [0.05, 0.1) is 0 Å². The maximum atomic E-state index is 12.0. The Morgan fingerprint density at radius 1 is 0.692 bits per heavy atom. The number of carbonyl (C=O) groups excluding carboxylic acids is 2. The van der Waals surface area contributed by atoms with E-state index in [0.717, 1.165) is 32.3 Å². The third-order valence-corrected chi connectivity index (χ3v) is 5.55. The molecule has 26 heavy (non-hydrogen) atoms. The van der Waals surface area contributed by atoms with E-state index in [1.54, 1.807) is 0 Å². The Labute approximate surface area is 161 Å². The van der Waals surface area contributed by atoms with Crippen molar-refractivity contribution in [2.45, 2.75) is 18.8 Å². The molecule has 0 aliphatic heterocycles. The predicted octanol–water partition coefficient (Wildman–Crippen LogP) is 5.80. The molecule has 1 aliphatic carbocycles. The minimum Gasteiger partial charge on any atom is -0.299 e. The maximum absolute atomic E-state index is 12.0. The Morgan fingerprint density at radius 2 is 1.35 bits per heavy atom. The third kappa shape index (κ3) is 3.04. The first kappa shape index (κ1) is 16.9. The smallest absolute Gasteiger partial charge is 0.148 e. The minimum absolute atomic E-state index is 0.0358. The van der Waals surface area contributed by atoms with E-state index in [0.29, 0.717) is 12.8 Å². The lowest BCUT2D eigenvalue weighted by Crippen LogP contribution is -2.11. The standard InChI is InChI=1S/C23H17BrO2/c24-19-8-4-7-18(15-5-2-1-3-6-15)22(19)16-9-11-17(12-10-16)23-20(25)13-14-21(23)26/h1-12,23H,13-14H2. The molecule has 0 heterocycles. The van der Waals surface area contributed by atoms with Gasteiger partial charge < -0.3 is 0 Å². The normalized spacial score (nSPS) is 14.8. The molecule has 0 radical (unpaired) electrons. The summed E-state index contributed by atoms with van der Waals surface area (Å²) in [5.74, 6) is -0.501. The van der Waals surface area contributed by atoms with Gasteiger partial charge in [0.1, 0.15) is 17.5 Å². The molecular formula is C23H17BrO2. The van der Waals surface area contributed by atoms with Gasteiger partial charge in [-0.15, -0.1) is 0 Å². The minimum atomic E-state index is -0.572. The number of halogens is 1. The summed E-state index contributed by atoms with van der Waals surface area (Å²) in [7, 11) is 0. The second-order valence-electron chi connectivity index (χ2n) is 6.52. The van der Waals surface area contributed by atoms with Crippen LogP contribution in [0.2, 0.25) is 0 Å². The summed E-state index contributed by atoms with van der Waals surface area (Å²) >= 11 is 3.68. The largest absolute Gasteiger partial charge is 0.299 e. The number of hydrogen-bond acceptors (Lipinski definition) is 2. The molecule has 1 saturated carbocycles. The molecule has 1 aliphatic rings.